The molecule has 100 valence electrons. The van der Waals surface area contributed by atoms with Gasteiger partial charge in [-0.15, -0.1) is 0 Å². The molecular weight excluding hydrogens is 284 g/mol. The lowest BCUT2D eigenvalue weighted by molar-refractivity contribution is 0.554. The minimum Gasteiger partial charge on any atom is -0.313 e. The SMILES string of the molecule is CNC(Cc1ccccc1F)c1ccc(Cl)cc1Cl. The summed E-state index contributed by atoms with van der Waals surface area (Å²) in [4.78, 5) is 0. The van der Waals surface area contributed by atoms with Gasteiger partial charge in [0.1, 0.15) is 5.82 Å². The van der Waals surface area contributed by atoms with E-state index in [4.69, 9.17) is 23.2 Å². The van der Waals surface area contributed by atoms with Crippen molar-refractivity contribution >= 4 is 23.2 Å². The molecule has 4 heteroatoms. The second kappa shape index (κ2) is 6.38. The first-order chi connectivity index (χ1) is 9.11. The molecule has 0 aliphatic carbocycles. The molecule has 1 nitrogen and oxygen atoms in total. The Hall–Kier alpha value is -1.09. The van der Waals surface area contributed by atoms with Crippen molar-refractivity contribution in [3.05, 3.63) is 69.5 Å². The molecule has 0 amide bonds. The van der Waals surface area contributed by atoms with Gasteiger partial charge < -0.3 is 5.32 Å². The number of halogens is 3. The summed E-state index contributed by atoms with van der Waals surface area (Å²) in [5.41, 5.74) is 1.57. The molecule has 0 saturated heterocycles. The van der Waals surface area contributed by atoms with Crippen LogP contribution in [0.4, 0.5) is 4.39 Å². The molecule has 0 aromatic heterocycles. The summed E-state index contributed by atoms with van der Waals surface area (Å²) in [6.45, 7) is 0. The Morgan fingerprint density at radius 2 is 1.89 bits per heavy atom. The molecule has 0 radical (unpaired) electrons. The highest BCUT2D eigenvalue weighted by Crippen LogP contribution is 2.28. The van der Waals surface area contributed by atoms with Gasteiger partial charge in [0, 0.05) is 16.1 Å². The molecule has 1 N–H and O–H groups in total. The van der Waals surface area contributed by atoms with E-state index in [2.05, 4.69) is 5.32 Å². The number of rotatable bonds is 4. The van der Waals surface area contributed by atoms with Gasteiger partial charge in [0.25, 0.3) is 0 Å². The molecule has 0 aliphatic heterocycles. The fraction of sp³-hybridized carbons (Fsp3) is 0.200. The Kier molecular flexibility index (Phi) is 4.81. The molecule has 0 bridgehead atoms. The van der Waals surface area contributed by atoms with Crippen LogP contribution in [0, 0.1) is 5.82 Å². The van der Waals surface area contributed by atoms with Crippen LogP contribution in [0.3, 0.4) is 0 Å². The molecule has 2 rings (SSSR count). The maximum absolute atomic E-state index is 13.7. The van der Waals surface area contributed by atoms with Crippen molar-refractivity contribution in [2.75, 3.05) is 7.05 Å². The Morgan fingerprint density at radius 3 is 2.53 bits per heavy atom. The normalized spacial score (nSPS) is 12.4. The van der Waals surface area contributed by atoms with E-state index in [0.717, 1.165) is 5.56 Å². The third-order valence-electron chi connectivity index (χ3n) is 3.07. The third kappa shape index (κ3) is 3.47. The van der Waals surface area contributed by atoms with Crippen LogP contribution in [-0.2, 0) is 6.42 Å². The van der Waals surface area contributed by atoms with E-state index in [1.807, 2.05) is 19.2 Å². The Morgan fingerprint density at radius 1 is 1.16 bits per heavy atom. The van der Waals surface area contributed by atoms with Crippen LogP contribution in [0.1, 0.15) is 17.2 Å². The van der Waals surface area contributed by atoms with E-state index < -0.39 is 0 Å². The molecule has 0 saturated carbocycles. The Labute approximate surface area is 122 Å². The third-order valence-corrected chi connectivity index (χ3v) is 3.63. The lowest BCUT2D eigenvalue weighted by Gasteiger charge is -2.18. The minimum absolute atomic E-state index is 0.0540. The van der Waals surface area contributed by atoms with E-state index in [9.17, 15) is 4.39 Å². The molecule has 0 fully saturated rings. The summed E-state index contributed by atoms with van der Waals surface area (Å²) in [6, 6.07) is 12.1. The van der Waals surface area contributed by atoms with Gasteiger partial charge in [-0.1, -0.05) is 47.5 Å². The molecule has 1 atom stereocenters. The second-order valence-corrected chi connectivity index (χ2v) is 5.15. The van der Waals surface area contributed by atoms with E-state index in [1.54, 1.807) is 24.3 Å². The average Bonchev–Trinajstić information content (AvgIpc) is 2.39. The zero-order chi connectivity index (χ0) is 13.8. The second-order valence-electron chi connectivity index (χ2n) is 4.30. The van der Waals surface area contributed by atoms with Crippen LogP contribution in [0.15, 0.2) is 42.5 Å². The van der Waals surface area contributed by atoms with Crippen LogP contribution in [-0.4, -0.2) is 7.05 Å². The highest BCUT2D eigenvalue weighted by atomic mass is 35.5. The first kappa shape index (κ1) is 14.3. The van der Waals surface area contributed by atoms with Crippen molar-refractivity contribution in [2.24, 2.45) is 0 Å². The highest BCUT2D eigenvalue weighted by Gasteiger charge is 2.15. The maximum atomic E-state index is 13.7. The monoisotopic (exact) mass is 297 g/mol. The summed E-state index contributed by atoms with van der Waals surface area (Å²) in [5, 5.41) is 4.34. The van der Waals surface area contributed by atoms with Crippen LogP contribution < -0.4 is 5.32 Å². The molecule has 2 aromatic carbocycles. The van der Waals surface area contributed by atoms with Gasteiger partial charge in [0.15, 0.2) is 0 Å². The molecule has 0 heterocycles. The van der Waals surface area contributed by atoms with Crippen molar-refractivity contribution in [1.29, 1.82) is 0 Å². The predicted molar refractivity (Wildman–Crippen MR) is 78.4 cm³/mol. The van der Waals surface area contributed by atoms with Gasteiger partial charge >= 0.3 is 0 Å². The van der Waals surface area contributed by atoms with E-state index in [-0.39, 0.29) is 11.9 Å². The van der Waals surface area contributed by atoms with Crippen molar-refractivity contribution in [1.82, 2.24) is 5.32 Å². The largest absolute Gasteiger partial charge is 0.313 e. The molecule has 0 aliphatic rings. The topological polar surface area (TPSA) is 12.0 Å². The smallest absolute Gasteiger partial charge is 0.126 e. The van der Waals surface area contributed by atoms with Gasteiger partial charge in [-0.05, 0) is 42.8 Å². The first-order valence-electron chi connectivity index (χ1n) is 5.97. The summed E-state index contributed by atoms with van der Waals surface area (Å²) in [7, 11) is 1.83. The number of hydrogen-bond acceptors (Lipinski definition) is 1. The number of likely N-dealkylation sites (N-methyl/N-ethyl adjacent to an activating group) is 1. The lowest BCUT2D eigenvalue weighted by Crippen LogP contribution is -2.19. The van der Waals surface area contributed by atoms with Crippen LogP contribution >= 0.6 is 23.2 Å². The van der Waals surface area contributed by atoms with Crippen LogP contribution in [0.2, 0.25) is 10.0 Å². The van der Waals surface area contributed by atoms with Gasteiger partial charge in [-0.2, -0.15) is 0 Å². The summed E-state index contributed by atoms with van der Waals surface area (Å²) in [5.74, 6) is -0.201. The summed E-state index contributed by atoms with van der Waals surface area (Å²) >= 11 is 12.1. The Balaban J connectivity index is 2.28. The van der Waals surface area contributed by atoms with Crippen LogP contribution in [0.5, 0.6) is 0 Å². The Bertz CT molecular complexity index is 572. The number of nitrogens with one attached hydrogen (secondary N) is 1. The van der Waals surface area contributed by atoms with Gasteiger partial charge in [-0.3, -0.25) is 0 Å². The molecular formula is C15H14Cl2FN. The zero-order valence-corrected chi connectivity index (χ0v) is 12.0. The van der Waals surface area contributed by atoms with E-state index >= 15 is 0 Å². The van der Waals surface area contributed by atoms with E-state index in [0.29, 0.717) is 22.0 Å². The van der Waals surface area contributed by atoms with Gasteiger partial charge in [0.05, 0.1) is 0 Å². The first-order valence-corrected chi connectivity index (χ1v) is 6.73. The highest BCUT2D eigenvalue weighted by molar-refractivity contribution is 6.35. The van der Waals surface area contributed by atoms with Gasteiger partial charge in [0.2, 0.25) is 0 Å². The van der Waals surface area contributed by atoms with E-state index in [1.165, 1.54) is 6.07 Å². The van der Waals surface area contributed by atoms with Gasteiger partial charge in [-0.25, -0.2) is 4.39 Å². The number of benzene rings is 2. The van der Waals surface area contributed by atoms with Crippen molar-refractivity contribution < 1.29 is 4.39 Å². The fourth-order valence-electron chi connectivity index (χ4n) is 2.04. The molecule has 19 heavy (non-hydrogen) atoms. The maximum Gasteiger partial charge on any atom is 0.126 e. The fourth-order valence-corrected chi connectivity index (χ4v) is 2.58. The summed E-state index contributed by atoms with van der Waals surface area (Å²) < 4.78 is 13.7. The van der Waals surface area contributed by atoms with Crippen molar-refractivity contribution in [3.63, 3.8) is 0 Å². The molecule has 1 unspecified atom stereocenters. The predicted octanol–water partition coefficient (Wildman–Crippen LogP) is 4.64. The molecule has 0 spiro atoms. The standard InChI is InChI=1S/C15H14Cl2FN/c1-19-15(8-10-4-2-3-5-14(10)18)12-7-6-11(16)9-13(12)17/h2-7,9,15,19H,8H2,1H3. The van der Waals surface area contributed by atoms with Crippen molar-refractivity contribution in [3.8, 4) is 0 Å². The minimum atomic E-state index is -0.201. The average molecular weight is 298 g/mol. The number of hydrogen-bond donors (Lipinski definition) is 1. The zero-order valence-electron chi connectivity index (χ0n) is 10.5. The van der Waals surface area contributed by atoms with Crippen molar-refractivity contribution in [2.45, 2.75) is 12.5 Å². The quantitative estimate of drug-likeness (QED) is 0.867. The van der Waals surface area contributed by atoms with Crippen LogP contribution in [0.25, 0.3) is 0 Å². The lowest BCUT2D eigenvalue weighted by atomic mass is 9.98. The molecule has 2 aromatic rings. The summed E-state index contributed by atoms with van der Waals surface area (Å²) in [6.07, 6.45) is 0.532.